The van der Waals surface area contributed by atoms with Gasteiger partial charge in [0.15, 0.2) is 0 Å². The lowest BCUT2D eigenvalue weighted by atomic mass is 10.00. The summed E-state index contributed by atoms with van der Waals surface area (Å²) in [4.78, 5) is 31.7. The Balaban J connectivity index is 1.54. The van der Waals surface area contributed by atoms with Crippen LogP contribution in [0.2, 0.25) is 0 Å². The third-order valence-corrected chi connectivity index (χ3v) is 7.39. The number of carbonyl (C=O) groups excluding carboxylic acids is 2. The van der Waals surface area contributed by atoms with Crippen molar-refractivity contribution in [3.8, 4) is 5.75 Å². The molecule has 2 amide bonds. The van der Waals surface area contributed by atoms with Gasteiger partial charge in [0, 0.05) is 23.0 Å². The SMILES string of the molecule is Cc1ccc(C(=O)N(CC(=O)N2CCc3sccc3[C@H]2COc2ccccc2C)C(C)C)cc1. The number of fused-ring (bicyclic) bond motifs is 1. The number of carbonyl (C=O) groups is 2. The summed E-state index contributed by atoms with van der Waals surface area (Å²) in [5.74, 6) is 0.657. The molecule has 178 valence electrons. The van der Waals surface area contributed by atoms with Crippen molar-refractivity contribution in [2.75, 3.05) is 19.7 Å². The van der Waals surface area contributed by atoms with Crippen molar-refractivity contribution >= 4 is 23.2 Å². The predicted molar refractivity (Wildman–Crippen MR) is 137 cm³/mol. The fourth-order valence-corrected chi connectivity index (χ4v) is 5.28. The summed E-state index contributed by atoms with van der Waals surface area (Å²) < 4.78 is 6.19. The summed E-state index contributed by atoms with van der Waals surface area (Å²) in [5.41, 5.74) is 3.92. The first-order valence-corrected chi connectivity index (χ1v) is 12.6. The molecule has 6 heteroatoms. The lowest BCUT2D eigenvalue weighted by molar-refractivity contribution is -0.136. The Hall–Kier alpha value is -3.12. The average molecular weight is 477 g/mol. The van der Waals surface area contributed by atoms with Gasteiger partial charge < -0.3 is 14.5 Å². The molecule has 0 radical (unpaired) electrons. The van der Waals surface area contributed by atoms with Crippen molar-refractivity contribution < 1.29 is 14.3 Å². The second kappa shape index (κ2) is 10.4. The standard InChI is InChI=1S/C28H32N2O3S/c1-19(2)30(28(32)22-11-9-20(3)10-12-22)17-27(31)29-15-13-26-23(14-16-34-26)24(29)18-33-25-8-6-5-7-21(25)4/h5-12,14,16,19,24H,13,15,17-18H2,1-4H3/t24-/m1/s1. The van der Waals surface area contributed by atoms with E-state index in [1.54, 1.807) is 16.2 Å². The Morgan fingerprint density at radius 2 is 1.82 bits per heavy atom. The molecular formula is C28H32N2O3S. The highest BCUT2D eigenvalue weighted by atomic mass is 32.1. The van der Waals surface area contributed by atoms with Gasteiger partial charge in [0.05, 0.1) is 6.04 Å². The number of para-hydroxylation sites is 1. The van der Waals surface area contributed by atoms with Crippen molar-refractivity contribution in [2.24, 2.45) is 0 Å². The summed E-state index contributed by atoms with van der Waals surface area (Å²) in [6.45, 7) is 8.96. The van der Waals surface area contributed by atoms with E-state index in [2.05, 4.69) is 11.4 Å². The first kappa shape index (κ1) is 24.0. The quantitative estimate of drug-likeness (QED) is 0.457. The zero-order chi connectivity index (χ0) is 24.2. The number of hydrogen-bond acceptors (Lipinski definition) is 4. The smallest absolute Gasteiger partial charge is 0.254 e. The molecule has 0 saturated carbocycles. The Morgan fingerprint density at radius 3 is 2.53 bits per heavy atom. The Morgan fingerprint density at radius 1 is 1.09 bits per heavy atom. The normalized spacial score (nSPS) is 15.2. The van der Waals surface area contributed by atoms with Crippen molar-refractivity contribution in [3.05, 3.63) is 87.1 Å². The average Bonchev–Trinajstić information content (AvgIpc) is 3.31. The van der Waals surface area contributed by atoms with Crippen LogP contribution in [-0.4, -0.2) is 47.4 Å². The molecule has 1 aliphatic heterocycles. The third kappa shape index (κ3) is 5.17. The van der Waals surface area contributed by atoms with E-state index >= 15 is 0 Å². The van der Waals surface area contributed by atoms with Crippen LogP contribution in [0.15, 0.2) is 60.0 Å². The number of ether oxygens (including phenoxy) is 1. The second-order valence-corrected chi connectivity index (χ2v) is 10.1. The van der Waals surface area contributed by atoms with Crippen LogP contribution in [-0.2, 0) is 11.2 Å². The van der Waals surface area contributed by atoms with E-state index < -0.39 is 0 Å². The molecule has 4 rings (SSSR count). The summed E-state index contributed by atoms with van der Waals surface area (Å²) >= 11 is 1.73. The third-order valence-electron chi connectivity index (χ3n) is 6.39. The van der Waals surface area contributed by atoms with Gasteiger partial charge in [0.25, 0.3) is 5.91 Å². The van der Waals surface area contributed by atoms with Crippen molar-refractivity contribution in [3.63, 3.8) is 0 Å². The highest BCUT2D eigenvalue weighted by molar-refractivity contribution is 7.10. The molecule has 2 heterocycles. The molecule has 5 nitrogen and oxygen atoms in total. The van der Waals surface area contributed by atoms with E-state index in [9.17, 15) is 9.59 Å². The molecule has 0 spiro atoms. The van der Waals surface area contributed by atoms with Crippen LogP contribution < -0.4 is 4.74 Å². The molecule has 1 aliphatic rings. The van der Waals surface area contributed by atoms with E-state index in [1.165, 1.54) is 4.88 Å². The molecule has 1 atom stereocenters. The van der Waals surface area contributed by atoms with E-state index in [0.29, 0.717) is 18.7 Å². The zero-order valence-electron chi connectivity index (χ0n) is 20.3. The first-order valence-electron chi connectivity index (χ1n) is 11.8. The van der Waals surface area contributed by atoms with Gasteiger partial charge in [0.1, 0.15) is 18.9 Å². The van der Waals surface area contributed by atoms with Crippen LogP contribution in [0.5, 0.6) is 5.75 Å². The minimum Gasteiger partial charge on any atom is -0.491 e. The number of benzene rings is 2. The van der Waals surface area contributed by atoms with Crippen molar-refractivity contribution in [1.82, 2.24) is 9.80 Å². The Labute approximate surface area is 206 Å². The van der Waals surface area contributed by atoms with Crippen LogP contribution in [0.4, 0.5) is 0 Å². The maximum atomic E-state index is 13.6. The number of nitrogens with zero attached hydrogens (tertiary/aromatic N) is 2. The van der Waals surface area contributed by atoms with Gasteiger partial charge in [-0.3, -0.25) is 9.59 Å². The molecule has 0 N–H and O–H groups in total. The number of hydrogen-bond donors (Lipinski definition) is 0. The lowest BCUT2D eigenvalue weighted by Crippen LogP contribution is -2.49. The van der Waals surface area contributed by atoms with E-state index in [1.807, 2.05) is 81.1 Å². The first-order chi connectivity index (χ1) is 16.3. The van der Waals surface area contributed by atoms with Gasteiger partial charge >= 0.3 is 0 Å². The largest absolute Gasteiger partial charge is 0.491 e. The second-order valence-electron chi connectivity index (χ2n) is 9.12. The molecule has 34 heavy (non-hydrogen) atoms. The molecule has 1 aromatic heterocycles. The van der Waals surface area contributed by atoms with Gasteiger partial charge in [0.2, 0.25) is 5.91 Å². The van der Waals surface area contributed by atoms with Gasteiger partial charge in [-0.25, -0.2) is 0 Å². The van der Waals surface area contributed by atoms with E-state index in [0.717, 1.165) is 28.9 Å². The van der Waals surface area contributed by atoms with Crippen LogP contribution in [0.25, 0.3) is 0 Å². The molecule has 2 aromatic carbocycles. The number of thiophene rings is 1. The fraction of sp³-hybridized carbons (Fsp3) is 0.357. The number of amides is 2. The summed E-state index contributed by atoms with van der Waals surface area (Å²) in [7, 11) is 0. The number of rotatable bonds is 7. The van der Waals surface area contributed by atoms with Gasteiger partial charge in [-0.05, 0) is 74.9 Å². The van der Waals surface area contributed by atoms with E-state index in [4.69, 9.17) is 4.74 Å². The molecule has 0 fully saturated rings. The van der Waals surface area contributed by atoms with Crippen LogP contribution in [0.3, 0.4) is 0 Å². The highest BCUT2D eigenvalue weighted by Crippen LogP contribution is 2.34. The Bertz CT molecular complexity index is 1150. The zero-order valence-corrected chi connectivity index (χ0v) is 21.1. The van der Waals surface area contributed by atoms with E-state index in [-0.39, 0.29) is 30.4 Å². The van der Waals surface area contributed by atoms with Crippen LogP contribution in [0, 0.1) is 13.8 Å². The minimum absolute atomic E-state index is 0.0463. The number of aryl methyl sites for hydroxylation is 2. The minimum atomic E-state index is -0.175. The van der Waals surface area contributed by atoms with Crippen molar-refractivity contribution in [2.45, 2.75) is 46.2 Å². The highest BCUT2D eigenvalue weighted by Gasteiger charge is 2.34. The molecule has 0 aliphatic carbocycles. The maximum absolute atomic E-state index is 13.6. The summed E-state index contributed by atoms with van der Waals surface area (Å²) in [6.07, 6.45) is 0.827. The maximum Gasteiger partial charge on any atom is 0.254 e. The predicted octanol–water partition coefficient (Wildman–Crippen LogP) is 5.42. The van der Waals surface area contributed by atoms with Crippen LogP contribution >= 0.6 is 11.3 Å². The molecule has 0 saturated heterocycles. The molecule has 0 bridgehead atoms. The molecule has 3 aromatic rings. The van der Waals surface area contributed by atoms with Gasteiger partial charge in [-0.2, -0.15) is 0 Å². The topological polar surface area (TPSA) is 49.9 Å². The van der Waals surface area contributed by atoms with Gasteiger partial charge in [-0.15, -0.1) is 11.3 Å². The lowest BCUT2D eigenvalue weighted by Gasteiger charge is -2.37. The van der Waals surface area contributed by atoms with Crippen LogP contribution in [0.1, 0.15) is 51.8 Å². The monoisotopic (exact) mass is 476 g/mol. The summed E-state index contributed by atoms with van der Waals surface area (Å²) in [6, 6.07) is 17.3. The molecular weight excluding hydrogens is 444 g/mol. The summed E-state index contributed by atoms with van der Waals surface area (Å²) in [5, 5.41) is 2.08. The van der Waals surface area contributed by atoms with Gasteiger partial charge in [-0.1, -0.05) is 35.9 Å². The fourth-order valence-electron chi connectivity index (χ4n) is 4.35. The molecule has 0 unspecified atom stereocenters. The van der Waals surface area contributed by atoms with Crippen molar-refractivity contribution in [1.29, 1.82) is 0 Å². The Kier molecular flexibility index (Phi) is 7.37.